The average molecular weight is 504 g/mol. The third kappa shape index (κ3) is 7.05. The van der Waals surface area contributed by atoms with Crippen LogP contribution < -0.4 is 20.1 Å². The number of hydrogen-bond donors (Lipinski definition) is 4. The highest BCUT2D eigenvalue weighted by Crippen LogP contribution is 2.31. The molecular formula is C20H33IN4O3. The normalized spacial score (nSPS) is 12.4. The summed E-state index contributed by atoms with van der Waals surface area (Å²) in [7, 11) is 3.32. The predicted molar refractivity (Wildman–Crippen MR) is 125 cm³/mol. The highest BCUT2D eigenvalue weighted by Gasteiger charge is 2.09. The van der Waals surface area contributed by atoms with Crippen LogP contribution in [0.5, 0.6) is 11.5 Å². The molecule has 1 heterocycles. The number of nitrogens with zero attached hydrogens (tertiary/aromatic N) is 1. The topological polar surface area (TPSA) is 90.9 Å². The molecule has 0 aliphatic carbocycles. The largest absolute Gasteiger partial charge is 0.497 e. The SMILES string of the molecule is CCNC(=NCC(C)CO)NCCCc1cc2c(OC)cc(OC)cc2[nH]1.I. The van der Waals surface area contributed by atoms with E-state index < -0.39 is 0 Å². The molecule has 1 unspecified atom stereocenters. The number of rotatable bonds is 10. The summed E-state index contributed by atoms with van der Waals surface area (Å²) in [5.74, 6) is 2.54. The Bertz CT molecular complexity index is 748. The Kier molecular flexibility index (Phi) is 11.1. The molecule has 8 heteroatoms. The smallest absolute Gasteiger partial charge is 0.191 e. The first-order valence-corrected chi connectivity index (χ1v) is 9.47. The van der Waals surface area contributed by atoms with Crippen molar-refractivity contribution >= 4 is 40.8 Å². The van der Waals surface area contributed by atoms with Crippen molar-refractivity contribution in [2.24, 2.45) is 10.9 Å². The van der Waals surface area contributed by atoms with Gasteiger partial charge in [0.2, 0.25) is 0 Å². The number of aromatic nitrogens is 1. The summed E-state index contributed by atoms with van der Waals surface area (Å²) in [6, 6.07) is 6.02. The van der Waals surface area contributed by atoms with Crippen LogP contribution in [0.1, 0.15) is 26.0 Å². The van der Waals surface area contributed by atoms with Crippen molar-refractivity contribution in [3.63, 3.8) is 0 Å². The summed E-state index contributed by atoms with van der Waals surface area (Å²) >= 11 is 0. The van der Waals surface area contributed by atoms with Crippen molar-refractivity contribution in [3.05, 3.63) is 23.9 Å². The van der Waals surface area contributed by atoms with E-state index in [9.17, 15) is 0 Å². The van der Waals surface area contributed by atoms with Gasteiger partial charge in [-0.05, 0) is 31.7 Å². The number of hydrogen-bond acceptors (Lipinski definition) is 4. The number of ether oxygens (including phenoxy) is 2. The lowest BCUT2D eigenvalue weighted by Gasteiger charge is -2.12. The Labute approximate surface area is 184 Å². The van der Waals surface area contributed by atoms with Gasteiger partial charge in [0, 0.05) is 49.5 Å². The van der Waals surface area contributed by atoms with E-state index in [0.29, 0.717) is 6.54 Å². The first-order chi connectivity index (χ1) is 13.1. The van der Waals surface area contributed by atoms with E-state index in [-0.39, 0.29) is 36.5 Å². The maximum Gasteiger partial charge on any atom is 0.191 e. The third-order valence-electron chi connectivity index (χ3n) is 4.32. The van der Waals surface area contributed by atoms with Crippen LogP contribution in [0.4, 0.5) is 0 Å². The number of guanidine groups is 1. The molecule has 1 atom stereocenters. The second-order valence-electron chi connectivity index (χ2n) is 6.62. The molecule has 2 rings (SSSR count). The summed E-state index contributed by atoms with van der Waals surface area (Å²) in [5.41, 5.74) is 2.18. The Hall–Kier alpha value is -1.68. The predicted octanol–water partition coefficient (Wildman–Crippen LogP) is 2.92. The van der Waals surface area contributed by atoms with Crippen LogP contribution >= 0.6 is 24.0 Å². The van der Waals surface area contributed by atoms with Gasteiger partial charge in [-0.1, -0.05) is 6.92 Å². The highest BCUT2D eigenvalue weighted by molar-refractivity contribution is 14.0. The molecule has 0 fully saturated rings. The van der Waals surface area contributed by atoms with Gasteiger partial charge in [0.05, 0.1) is 19.7 Å². The van der Waals surface area contributed by atoms with Gasteiger partial charge in [0.15, 0.2) is 5.96 Å². The van der Waals surface area contributed by atoms with Crippen molar-refractivity contribution in [1.82, 2.24) is 15.6 Å². The van der Waals surface area contributed by atoms with Gasteiger partial charge in [-0.15, -0.1) is 24.0 Å². The van der Waals surface area contributed by atoms with Crippen LogP contribution in [0.25, 0.3) is 10.9 Å². The first kappa shape index (κ1) is 24.4. The number of nitrogens with one attached hydrogen (secondary N) is 3. The summed E-state index contributed by atoms with van der Waals surface area (Å²) in [4.78, 5) is 7.95. The van der Waals surface area contributed by atoms with Crippen LogP contribution in [-0.4, -0.2) is 56.5 Å². The maximum atomic E-state index is 9.12. The monoisotopic (exact) mass is 504 g/mol. The molecule has 0 radical (unpaired) electrons. The van der Waals surface area contributed by atoms with E-state index in [2.05, 4.69) is 26.7 Å². The fourth-order valence-electron chi connectivity index (χ4n) is 2.79. The van der Waals surface area contributed by atoms with Gasteiger partial charge in [0.25, 0.3) is 0 Å². The van der Waals surface area contributed by atoms with Gasteiger partial charge < -0.3 is 30.2 Å². The molecule has 1 aromatic heterocycles. The summed E-state index contributed by atoms with van der Waals surface area (Å²) in [6.45, 7) is 6.40. The number of benzene rings is 1. The van der Waals surface area contributed by atoms with Crippen molar-refractivity contribution in [2.75, 3.05) is 40.5 Å². The van der Waals surface area contributed by atoms with Gasteiger partial charge in [-0.25, -0.2) is 0 Å². The number of methoxy groups -OCH3 is 2. The molecule has 158 valence electrons. The molecule has 1 aromatic carbocycles. The lowest BCUT2D eigenvalue weighted by molar-refractivity contribution is 0.241. The molecule has 0 bridgehead atoms. The molecule has 2 aromatic rings. The second-order valence-corrected chi connectivity index (χ2v) is 6.62. The van der Waals surface area contributed by atoms with Gasteiger partial charge in [-0.2, -0.15) is 0 Å². The fourth-order valence-corrected chi connectivity index (χ4v) is 2.79. The molecule has 0 saturated heterocycles. The van der Waals surface area contributed by atoms with E-state index in [4.69, 9.17) is 14.6 Å². The highest BCUT2D eigenvalue weighted by atomic mass is 127. The Balaban J connectivity index is 0.00000392. The minimum absolute atomic E-state index is 0. The molecule has 0 saturated carbocycles. The number of halogens is 1. The lowest BCUT2D eigenvalue weighted by atomic mass is 10.2. The van der Waals surface area contributed by atoms with Gasteiger partial charge in [0.1, 0.15) is 11.5 Å². The number of aliphatic hydroxyl groups is 1. The van der Waals surface area contributed by atoms with E-state index in [1.165, 1.54) is 0 Å². The molecule has 28 heavy (non-hydrogen) atoms. The summed E-state index contributed by atoms with van der Waals surface area (Å²) in [6.07, 6.45) is 1.88. The molecular weight excluding hydrogens is 471 g/mol. The van der Waals surface area contributed by atoms with Crippen molar-refractivity contribution in [2.45, 2.75) is 26.7 Å². The van der Waals surface area contributed by atoms with E-state index in [1.807, 2.05) is 26.0 Å². The number of aliphatic hydroxyl groups excluding tert-OH is 1. The second kappa shape index (κ2) is 12.7. The Morgan fingerprint density at radius 2 is 2.00 bits per heavy atom. The van der Waals surface area contributed by atoms with Crippen molar-refractivity contribution in [1.29, 1.82) is 0 Å². The summed E-state index contributed by atoms with van der Waals surface area (Å²) in [5, 5.41) is 16.8. The quantitative estimate of drug-likeness (QED) is 0.173. The maximum absolute atomic E-state index is 9.12. The molecule has 0 aliphatic heterocycles. The van der Waals surface area contributed by atoms with Crippen LogP contribution in [0, 0.1) is 5.92 Å². The van der Waals surface area contributed by atoms with Crippen LogP contribution in [-0.2, 0) is 6.42 Å². The molecule has 0 amide bonds. The van der Waals surface area contributed by atoms with Crippen molar-refractivity contribution < 1.29 is 14.6 Å². The first-order valence-electron chi connectivity index (χ1n) is 9.47. The lowest BCUT2D eigenvalue weighted by Crippen LogP contribution is -2.38. The Morgan fingerprint density at radius 1 is 1.21 bits per heavy atom. The average Bonchev–Trinajstić information content (AvgIpc) is 3.10. The fraction of sp³-hybridized carbons (Fsp3) is 0.550. The zero-order valence-corrected chi connectivity index (χ0v) is 19.5. The number of aromatic amines is 1. The standard InChI is InChI=1S/C20H32N4O3.HI/c1-5-21-20(23-12-14(2)13-25)22-8-6-7-15-9-17-18(24-15)10-16(26-3)11-19(17)27-4;/h9-11,14,24-25H,5-8,12-13H2,1-4H3,(H2,21,22,23);1H. The minimum Gasteiger partial charge on any atom is -0.497 e. The number of H-pyrrole nitrogens is 1. The summed E-state index contributed by atoms with van der Waals surface area (Å²) < 4.78 is 10.8. The van der Waals surface area contributed by atoms with Gasteiger partial charge >= 0.3 is 0 Å². The molecule has 0 spiro atoms. The molecule has 4 N–H and O–H groups in total. The van der Waals surface area contributed by atoms with Crippen molar-refractivity contribution in [3.8, 4) is 11.5 Å². The third-order valence-corrected chi connectivity index (χ3v) is 4.32. The number of fused-ring (bicyclic) bond motifs is 1. The van der Waals surface area contributed by atoms with E-state index >= 15 is 0 Å². The molecule has 7 nitrogen and oxygen atoms in total. The van der Waals surface area contributed by atoms with Crippen LogP contribution in [0.15, 0.2) is 23.2 Å². The Morgan fingerprint density at radius 3 is 2.64 bits per heavy atom. The zero-order valence-electron chi connectivity index (χ0n) is 17.2. The number of aryl methyl sites for hydroxylation is 1. The van der Waals surface area contributed by atoms with E-state index in [0.717, 1.165) is 60.0 Å². The van der Waals surface area contributed by atoms with Crippen LogP contribution in [0.3, 0.4) is 0 Å². The molecule has 0 aliphatic rings. The van der Waals surface area contributed by atoms with Crippen LogP contribution in [0.2, 0.25) is 0 Å². The van der Waals surface area contributed by atoms with Gasteiger partial charge in [-0.3, -0.25) is 4.99 Å². The minimum atomic E-state index is 0. The zero-order chi connectivity index (χ0) is 19.6. The number of aliphatic imine (C=N–C) groups is 1. The van der Waals surface area contributed by atoms with E-state index in [1.54, 1.807) is 14.2 Å².